The van der Waals surface area contributed by atoms with E-state index in [9.17, 15) is 5.11 Å². The zero-order chi connectivity index (χ0) is 14.9. The number of likely N-dealkylation sites (N-methyl/N-ethyl adjacent to an activating group) is 1. The van der Waals surface area contributed by atoms with Crippen LogP contribution in [0.3, 0.4) is 0 Å². The molecule has 0 bridgehead atoms. The van der Waals surface area contributed by atoms with Crippen molar-refractivity contribution in [2.45, 2.75) is 19.1 Å². The average Bonchev–Trinajstić information content (AvgIpc) is 2.62. The van der Waals surface area contributed by atoms with E-state index < -0.39 is 5.60 Å². The highest BCUT2D eigenvalue weighted by molar-refractivity contribution is 6.30. The van der Waals surface area contributed by atoms with Crippen molar-refractivity contribution in [2.75, 3.05) is 13.1 Å². The predicted octanol–water partition coefficient (Wildman–Crippen LogP) is 3.08. The summed E-state index contributed by atoms with van der Waals surface area (Å²) < 4.78 is 5.86. The molecule has 1 aliphatic heterocycles. The van der Waals surface area contributed by atoms with Crippen LogP contribution in [-0.2, 0) is 12.2 Å². The topological polar surface area (TPSA) is 41.5 Å². The van der Waals surface area contributed by atoms with E-state index in [0.29, 0.717) is 29.5 Å². The molecule has 4 heteroatoms. The van der Waals surface area contributed by atoms with Gasteiger partial charge in [0, 0.05) is 17.1 Å². The zero-order valence-electron chi connectivity index (χ0n) is 11.9. The maximum atomic E-state index is 11.4. The molecule has 0 saturated carbocycles. The van der Waals surface area contributed by atoms with Crippen molar-refractivity contribution < 1.29 is 9.84 Å². The molecular formula is C17H18ClNO2. The fourth-order valence-electron chi connectivity index (χ4n) is 2.80. The molecule has 1 unspecified atom stereocenters. The van der Waals surface area contributed by atoms with Crippen LogP contribution < -0.4 is 10.1 Å². The van der Waals surface area contributed by atoms with Gasteiger partial charge in [0.05, 0.1) is 0 Å². The monoisotopic (exact) mass is 303 g/mol. The molecule has 1 aliphatic rings. The van der Waals surface area contributed by atoms with E-state index in [2.05, 4.69) is 5.32 Å². The molecule has 2 aromatic carbocycles. The van der Waals surface area contributed by atoms with Crippen molar-refractivity contribution >= 4 is 11.6 Å². The average molecular weight is 304 g/mol. The maximum absolute atomic E-state index is 11.4. The predicted molar refractivity (Wildman–Crippen MR) is 83.8 cm³/mol. The van der Waals surface area contributed by atoms with Crippen molar-refractivity contribution in [3.8, 4) is 5.75 Å². The molecule has 0 radical (unpaired) electrons. The Hall–Kier alpha value is -1.55. The van der Waals surface area contributed by atoms with Gasteiger partial charge in [-0.1, -0.05) is 42.8 Å². The fraction of sp³-hybridized carbons (Fsp3) is 0.294. The van der Waals surface area contributed by atoms with Gasteiger partial charge in [-0.15, -0.1) is 0 Å². The smallest absolute Gasteiger partial charge is 0.131 e. The summed E-state index contributed by atoms with van der Waals surface area (Å²) in [6, 6.07) is 13.2. The summed E-state index contributed by atoms with van der Waals surface area (Å²) in [7, 11) is 0. The Labute approximate surface area is 129 Å². The van der Waals surface area contributed by atoms with E-state index in [1.165, 1.54) is 0 Å². The van der Waals surface area contributed by atoms with E-state index in [-0.39, 0.29) is 0 Å². The Morgan fingerprint density at radius 1 is 1.24 bits per heavy atom. The molecule has 2 aromatic rings. The lowest BCUT2D eigenvalue weighted by Crippen LogP contribution is -2.39. The molecule has 1 atom stereocenters. The standard InChI is InChI=1S/C17H18ClNO2/c1-2-19-11-17(20)14-6-4-3-5-12(14)10-21-16-8-7-13(18)9-15(16)17/h3-9,19-20H,2,10-11H2,1H3. The van der Waals surface area contributed by atoms with Crippen molar-refractivity contribution in [3.05, 3.63) is 64.2 Å². The van der Waals surface area contributed by atoms with Crippen LogP contribution in [0.15, 0.2) is 42.5 Å². The normalized spacial score (nSPS) is 20.1. The first-order chi connectivity index (χ1) is 10.1. The van der Waals surface area contributed by atoms with E-state index >= 15 is 0 Å². The van der Waals surface area contributed by atoms with Gasteiger partial charge in [0.25, 0.3) is 0 Å². The summed E-state index contributed by atoms with van der Waals surface area (Å²) in [4.78, 5) is 0. The Morgan fingerprint density at radius 3 is 2.86 bits per heavy atom. The number of ether oxygens (including phenoxy) is 1. The van der Waals surface area contributed by atoms with E-state index in [1.54, 1.807) is 12.1 Å². The second-order valence-electron chi connectivity index (χ2n) is 5.23. The molecule has 21 heavy (non-hydrogen) atoms. The SMILES string of the molecule is CCNCC1(O)c2ccccc2COc2ccc(Cl)cc21. The Bertz CT molecular complexity index is 659. The molecule has 0 amide bonds. The molecule has 0 fully saturated rings. The third-order valence-corrected chi connectivity index (χ3v) is 4.10. The molecule has 0 aliphatic carbocycles. The van der Waals surface area contributed by atoms with Gasteiger partial charge in [-0.25, -0.2) is 0 Å². The third kappa shape index (κ3) is 2.53. The highest BCUT2D eigenvalue weighted by Crippen LogP contribution is 2.41. The summed E-state index contributed by atoms with van der Waals surface area (Å²) >= 11 is 6.13. The first-order valence-electron chi connectivity index (χ1n) is 7.09. The first-order valence-corrected chi connectivity index (χ1v) is 7.47. The number of nitrogens with one attached hydrogen (secondary N) is 1. The van der Waals surface area contributed by atoms with Gasteiger partial charge in [-0.3, -0.25) is 0 Å². The Morgan fingerprint density at radius 2 is 2.05 bits per heavy atom. The second kappa shape index (κ2) is 5.68. The lowest BCUT2D eigenvalue weighted by Gasteiger charge is -2.30. The number of hydrogen-bond donors (Lipinski definition) is 2. The van der Waals surface area contributed by atoms with Crippen molar-refractivity contribution in [1.82, 2.24) is 5.32 Å². The molecule has 0 aromatic heterocycles. The summed E-state index contributed by atoms with van der Waals surface area (Å²) in [5.41, 5.74) is 1.42. The second-order valence-corrected chi connectivity index (χ2v) is 5.66. The van der Waals surface area contributed by atoms with Gasteiger partial charge in [0.1, 0.15) is 18.0 Å². The quantitative estimate of drug-likeness (QED) is 0.915. The van der Waals surface area contributed by atoms with Crippen LogP contribution in [0.25, 0.3) is 0 Å². The van der Waals surface area contributed by atoms with Crippen molar-refractivity contribution in [2.24, 2.45) is 0 Å². The molecule has 3 rings (SSSR count). The van der Waals surface area contributed by atoms with Crippen LogP contribution >= 0.6 is 11.6 Å². The molecule has 1 heterocycles. The summed E-state index contributed by atoms with van der Waals surface area (Å²) in [5, 5.41) is 15.2. The third-order valence-electron chi connectivity index (χ3n) is 3.86. The van der Waals surface area contributed by atoms with E-state index in [0.717, 1.165) is 17.7 Å². The van der Waals surface area contributed by atoms with Gasteiger partial charge in [0.2, 0.25) is 0 Å². The van der Waals surface area contributed by atoms with Crippen LogP contribution in [0.4, 0.5) is 0 Å². The van der Waals surface area contributed by atoms with Gasteiger partial charge in [-0.2, -0.15) is 0 Å². The Kier molecular flexibility index (Phi) is 3.89. The zero-order valence-corrected chi connectivity index (χ0v) is 12.7. The first kappa shape index (κ1) is 14.4. The highest BCUT2D eigenvalue weighted by Gasteiger charge is 2.38. The lowest BCUT2D eigenvalue weighted by atomic mass is 9.83. The van der Waals surface area contributed by atoms with Crippen LogP contribution in [0, 0.1) is 0 Å². The molecule has 2 N–H and O–H groups in total. The summed E-state index contributed by atoms with van der Waals surface area (Å²) in [6.07, 6.45) is 0. The molecule has 0 spiro atoms. The number of fused-ring (bicyclic) bond motifs is 2. The van der Waals surface area contributed by atoms with Crippen LogP contribution in [-0.4, -0.2) is 18.2 Å². The van der Waals surface area contributed by atoms with Gasteiger partial charge >= 0.3 is 0 Å². The van der Waals surface area contributed by atoms with E-state index in [1.807, 2.05) is 37.3 Å². The van der Waals surface area contributed by atoms with Crippen molar-refractivity contribution in [1.29, 1.82) is 0 Å². The highest BCUT2D eigenvalue weighted by atomic mass is 35.5. The van der Waals surface area contributed by atoms with Gasteiger partial charge < -0.3 is 15.2 Å². The van der Waals surface area contributed by atoms with Crippen molar-refractivity contribution in [3.63, 3.8) is 0 Å². The van der Waals surface area contributed by atoms with Crippen LogP contribution in [0.5, 0.6) is 5.75 Å². The maximum Gasteiger partial charge on any atom is 0.131 e. The number of benzene rings is 2. The molecule has 3 nitrogen and oxygen atoms in total. The minimum Gasteiger partial charge on any atom is -0.488 e. The summed E-state index contributed by atoms with van der Waals surface area (Å²) in [6.45, 7) is 3.65. The molecule has 110 valence electrons. The number of hydrogen-bond acceptors (Lipinski definition) is 3. The van der Waals surface area contributed by atoms with Gasteiger partial charge in [-0.05, 0) is 35.9 Å². The fourth-order valence-corrected chi connectivity index (χ4v) is 2.97. The van der Waals surface area contributed by atoms with Crippen LogP contribution in [0.2, 0.25) is 5.02 Å². The molecular weight excluding hydrogens is 286 g/mol. The van der Waals surface area contributed by atoms with E-state index in [4.69, 9.17) is 16.3 Å². The minimum atomic E-state index is -1.15. The minimum absolute atomic E-state index is 0.414. The Balaban J connectivity index is 2.21. The lowest BCUT2D eigenvalue weighted by molar-refractivity contribution is 0.0799. The largest absolute Gasteiger partial charge is 0.488 e. The molecule has 0 saturated heterocycles. The van der Waals surface area contributed by atoms with Gasteiger partial charge in [0.15, 0.2) is 0 Å². The number of aliphatic hydroxyl groups is 1. The van der Waals surface area contributed by atoms with Crippen LogP contribution in [0.1, 0.15) is 23.6 Å². The number of rotatable bonds is 3. The summed E-state index contributed by atoms with van der Waals surface area (Å²) in [5.74, 6) is 0.677. The number of halogens is 1.